The Kier molecular flexibility index (Phi) is 3.57. The van der Waals surface area contributed by atoms with E-state index in [2.05, 4.69) is 41.7 Å². The lowest BCUT2D eigenvalue weighted by Crippen LogP contribution is -2.15. The number of hydrogen-bond donors (Lipinski definition) is 1. The highest BCUT2D eigenvalue weighted by Gasteiger charge is 2.16. The molecule has 2 heterocycles. The van der Waals surface area contributed by atoms with E-state index in [1.165, 1.54) is 4.88 Å². The van der Waals surface area contributed by atoms with Gasteiger partial charge in [0.15, 0.2) is 0 Å². The molecular formula is C13H16N2S. The molecule has 1 N–H and O–H groups in total. The summed E-state index contributed by atoms with van der Waals surface area (Å²) in [5.41, 5.74) is 1.13. The van der Waals surface area contributed by atoms with Crippen molar-refractivity contribution in [1.29, 1.82) is 0 Å². The molecule has 16 heavy (non-hydrogen) atoms. The summed E-state index contributed by atoms with van der Waals surface area (Å²) < 4.78 is 0. The smallest absolute Gasteiger partial charge is 0.0629 e. The van der Waals surface area contributed by atoms with E-state index in [9.17, 15) is 0 Å². The fourth-order valence-electron chi connectivity index (χ4n) is 1.66. The van der Waals surface area contributed by atoms with Gasteiger partial charge in [-0.05, 0) is 29.5 Å². The zero-order valence-corrected chi connectivity index (χ0v) is 10.4. The molecule has 0 aliphatic heterocycles. The Morgan fingerprint density at radius 3 is 2.50 bits per heavy atom. The Bertz CT molecular complexity index is 409. The second-order valence-electron chi connectivity index (χ2n) is 4.12. The molecule has 3 heteroatoms. The maximum atomic E-state index is 4.02. The average Bonchev–Trinajstić information content (AvgIpc) is 2.80. The number of nitrogens with one attached hydrogen (secondary N) is 1. The van der Waals surface area contributed by atoms with Gasteiger partial charge in [-0.3, -0.25) is 4.98 Å². The quantitative estimate of drug-likeness (QED) is 0.863. The molecule has 1 atom stereocenters. The third-order valence-corrected chi connectivity index (χ3v) is 3.47. The highest BCUT2D eigenvalue weighted by atomic mass is 32.1. The second kappa shape index (κ2) is 5.12. The second-order valence-corrected chi connectivity index (χ2v) is 5.10. The Labute approximate surface area is 100 Å². The zero-order chi connectivity index (χ0) is 11.4. The Morgan fingerprint density at radius 2 is 1.94 bits per heavy atom. The molecule has 0 aliphatic carbocycles. The maximum absolute atomic E-state index is 4.02. The van der Waals surface area contributed by atoms with Gasteiger partial charge in [-0.15, -0.1) is 11.3 Å². The Hall–Kier alpha value is -1.35. The molecule has 2 aromatic heterocycles. The Morgan fingerprint density at radius 1 is 1.19 bits per heavy atom. The molecule has 0 saturated heterocycles. The first-order valence-corrected chi connectivity index (χ1v) is 6.35. The fraction of sp³-hybridized carbons (Fsp3) is 0.308. The van der Waals surface area contributed by atoms with E-state index < -0.39 is 0 Å². The summed E-state index contributed by atoms with van der Waals surface area (Å²) in [6, 6.07) is 8.67. The minimum absolute atomic E-state index is 0.377. The molecule has 1 unspecified atom stereocenters. The standard InChI is InChI=1S/C13H16N2S/c1-10(2)13(12-4-3-9-16-12)15-11-5-7-14-8-6-11/h3-10,13H,1-2H3,(H,14,15). The molecule has 2 nitrogen and oxygen atoms in total. The summed E-state index contributed by atoms with van der Waals surface area (Å²) in [6.45, 7) is 4.47. The van der Waals surface area contributed by atoms with E-state index in [4.69, 9.17) is 0 Å². The van der Waals surface area contributed by atoms with Crippen molar-refractivity contribution >= 4 is 17.0 Å². The van der Waals surface area contributed by atoms with Crippen LogP contribution in [0.4, 0.5) is 5.69 Å². The molecule has 0 fully saturated rings. The normalized spacial score (nSPS) is 12.7. The highest BCUT2D eigenvalue weighted by molar-refractivity contribution is 7.10. The molecule has 0 bridgehead atoms. The van der Waals surface area contributed by atoms with Gasteiger partial charge in [0, 0.05) is 23.0 Å². The van der Waals surface area contributed by atoms with Gasteiger partial charge >= 0.3 is 0 Å². The van der Waals surface area contributed by atoms with Crippen LogP contribution in [0.25, 0.3) is 0 Å². The first kappa shape index (κ1) is 11.1. The van der Waals surface area contributed by atoms with E-state index >= 15 is 0 Å². The van der Waals surface area contributed by atoms with Crippen LogP contribution in [0.5, 0.6) is 0 Å². The fourth-order valence-corrected chi connectivity index (χ4v) is 2.61. The van der Waals surface area contributed by atoms with Crippen molar-refractivity contribution in [1.82, 2.24) is 4.98 Å². The molecule has 2 aromatic rings. The van der Waals surface area contributed by atoms with E-state index in [1.807, 2.05) is 24.5 Å². The summed E-state index contributed by atoms with van der Waals surface area (Å²) in [6.07, 6.45) is 3.63. The van der Waals surface area contributed by atoms with Crippen molar-refractivity contribution in [3.05, 3.63) is 46.9 Å². The Balaban J connectivity index is 2.16. The van der Waals surface area contributed by atoms with Gasteiger partial charge in [0.1, 0.15) is 0 Å². The number of aromatic nitrogens is 1. The summed E-state index contributed by atoms with van der Waals surface area (Å²) in [5, 5.41) is 5.68. The van der Waals surface area contributed by atoms with Crippen molar-refractivity contribution in [2.75, 3.05) is 5.32 Å². The highest BCUT2D eigenvalue weighted by Crippen LogP contribution is 2.29. The van der Waals surface area contributed by atoms with E-state index in [0.717, 1.165) is 5.69 Å². The lowest BCUT2D eigenvalue weighted by atomic mass is 10.0. The third kappa shape index (κ3) is 2.61. The lowest BCUT2D eigenvalue weighted by Gasteiger charge is -2.22. The first-order chi connectivity index (χ1) is 7.77. The lowest BCUT2D eigenvalue weighted by molar-refractivity contribution is 0.554. The predicted molar refractivity (Wildman–Crippen MR) is 69.8 cm³/mol. The van der Waals surface area contributed by atoms with Crippen LogP contribution in [0.1, 0.15) is 24.8 Å². The van der Waals surface area contributed by atoms with Crippen LogP contribution in [0.15, 0.2) is 42.0 Å². The van der Waals surface area contributed by atoms with Gasteiger partial charge in [0.25, 0.3) is 0 Å². The predicted octanol–water partition coefficient (Wildman–Crippen LogP) is 3.95. The number of pyridine rings is 1. The van der Waals surface area contributed by atoms with Gasteiger partial charge in [0.05, 0.1) is 6.04 Å². The van der Waals surface area contributed by atoms with Crippen LogP contribution in [0, 0.1) is 5.92 Å². The van der Waals surface area contributed by atoms with E-state index in [0.29, 0.717) is 12.0 Å². The van der Waals surface area contributed by atoms with Gasteiger partial charge in [-0.25, -0.2) is 0 Å². The number of anilines is 1. The number of hydrogen-bond acceptors (Lipinski definition) is 3. The molecule has 84 valence electrons. The minimum atomic E-state index is 0.377. The molecule has 0 amide bonds. The number of thiophene rings is 1. The van der Waals surface area contributed by atoms with Crippen LogP contribution >= 0.6 is 11.3 Å². The van der Waals surface area contributed by atoms with Crippen LogP contribution in [0.2, 0.25) is 0 Å². The van der Waals surface area contributed by atoms with Crippen molar-refractivity contribution in [2.45, 2.75) is 19.9 Å². The van der Waals surface area contributed by atoms with Crippen molar-refractivity contribution in [2.24, 2.45) is 5.92 Å². The van der Waals surface area contributed by atoms with Crippen LogP contribution < -0.4 is 5.32 Å². The SMILES string of the molecule is CC(C)C(Nc1ccncc1)c1cccs1. The summed E-state index contributed by atoms with van der Waals surface area (Å²) in [4.78, 5) is 5.40. The molecule has 2 rings (SSSR count). The van der Waals surface area contributed by atoms with E-state index in [-0.39, 0.29) is 0 Å². The van der Waals surface area contributed by atoms with Gasteiger partial charge < -0.3 is 5.32 Å². The topological polar surface area (TPSA) is 24.9 Å². The van der Waals surface area contributed by atoms with Gasteiger partial charge in [-0.2, -0.15) is 0 Å². The van der Waals surface area contributed by atoms with Crippen LogP contribution in [-0.2, 0) is 0 Å². The van der Waals surface area contributed by atoms with E-state index in [1.54, 1.807) is 11.3 Å². The summed E-state index contributed by atoms with van der Waals surface area (Å²) in [7, 11) is 0. The largest absolute Gasteiger partial charge is 0.377 e. The van der Waals surface area contributed by atoms with Gasteiger partial charge in [0.2, 0.25) is 0 Å². The molecule has 0 aromatic carbocycles. The molecule has 0 spiro atoms. The van der Waals surface area contributed by atoms with Crippen molar-refractivity contribution in [3.8, 4) is 0 Å². The maximum Gasteiger partial charge on any atom is 0.0629 e. The molecule has 0 saturated carbocycles. The molecular weight excluding hydrogens is 216 g/mol. The van der Waals surface area contributed by atoms with Crippen molar-refractivity contribution < 1.29 is 0 Å². The molecule has 0 aliphatic rings. The molecule has 0 radical (unpaired) electrons. The van der Waals surface area contributed by atoms with Crippen molar-refractivity contribution in [3.63, 3.8) is 0 Å². The van der Waals surface area contributed by atoms with Crippen LogP contribution in [0.3, 0.4) is 0 Å². The monoisotopic (exact) mass is 232 g/mol. The number of rotatable bonds is 4. The minimum Gasteiger partial charge on any atom is -0.377 e. The van der Waals surface area contributed by atoms with Crippen LogP contribution in [-0.4, -0.2) is 4.98 Å². The zero-order valence-electron chi connectivity index (χ0n) is 9.55. The average molecular weight is 232 g/mol. The summed E-state index contributed by atoms with van der Waals surface area (Å²) in [5.74, 6) is 0.562. The number of nitrogens with zero attached hydrogens (tertiary/aromatic N) is 1. The third-order valence-electron chi connectivity index (χ3n) is 2.52. The van der Waals surface area contributed by atoms with Gasteiger partial charge in [-0.1, -0.05) is 19.9 Å². The first-order valence-electron chi connectivity index (χ1n) is 5.47. The summed E-state index contributed by atoms with van der Waals surface area (Å²) >= 11 is 1.80.